The highest BCUT2D eigenvalue weighted by molar-refractivity contribution is 6.35. The molecule has 2 aromatic carbocycles. The summed E-state index contributed by atoms with van der Waals surface area (Å²) < 4.78 is 0. The Morgan fingerprint density at radius 2 is 1.85 bits per heavy atom. The molecule has 2 unspecified atom stereocenters. The van der Waals surface area contributed by atoms with Gasteiger partial charge in [-0.05, 0) is 30.2 Å². The van der Waals surface area contributed by atoms with Crippen molar-refractivity contribution in [2.75, 3.05) is 10.6 Å². The van der Waals surface area contributed by atoms with E-state index in [1.165, 1.54) is 0 Å². The Balaban J connectivity index is 1.79. The summed E-state index contributed by atoms with van der Waals surface area (Å²) >= 11 is 6.61. The number of aromatic nitrogens is 2. The van der Waals surface area contributed by atoms with Crippen molar-refractivity contribution in [1.82, 2.24) is 9.97 Å². The third-order valence-electron chi connectivity index (χ3n) is 5.47. The number of nitrogens with one attached hydrogen (secondary N) is 2. The van der Waals surface area contributed by atoms with E-state index in [0.29, 0.717) is 21.8 Å². The van der Waals surface area contributed by atoms with Gasteiger partial charge in [-0.25, -0.2) is 0 Å². The van der Waals surface area contributed by atoms with Gasteiger partial charge in [-0.2, -0.15) is 5.26 Å². The lowest BCUT2D eigenvalue weighted by Crippen LogP contribution is -2.12. The zero-order valence-electron chi connectivity index (χ0n) is 18.1. The van der Waals surface area contributed by atoms with Gasteiger partial charge in [-0.15, -0.1) is 6.42 Å². The third kappa shape index (κ3) is 4.75. The SMILES string of the molecule is C#CC(Nc1cc(Cl)c2ncc(C#N)c(NC(CC)c3ccccc3)c2c1)c1cccnc1. The first-order valence-corrected chi connectivity index (χ1v) is 11.0. The van der Waals surface area contributed by atoms with Crippen LogP contribution in [0.4, 0.5) is 11.4 Å². The van der Waals surface area contributed by atoms with Crippen LogP contribution in [0.3, 0.4) is 0 Å². The molecule has 0 aliphatic carbocycles. The highest BCUT2D eigenvalue weighted by Crippen LogP contribution is 2.36. The second-order valence-electron chi connectivity index (χ2n) is 7.56. The number of nitriles is 1. The van der Waals surface area contributed by atoms with E-state index in [0.717, 1.165) is 28.6 Å². The van der Waals surface area contributed by atoms with Gasteiger partial charge in [0.15, 0.2) is 0 Å². The maximum atomic E-state index is 9.79. The van der Waals surface area contributed by atoms with Crippen molar-refractivity contribution in [3.8, 4) is 18.4 Å². The minimum atomic E-state index is -0.386. The van der Waals surface area contributed by atoms with Crippen LogP contribution in [0.5, 0.6) is 0 Å². The Labute approximate surface area is 198 Å². The number of anilines is 2. The molecule has 4 rings (SSSR count). The van der Waals surface area contributed by atoms with Crippen LogP contribution < -0.4 is 10.6 Å². The van der Waals surface area contributed by atoms with Crippen molar-refractivity contribution in [2.45, 2.75) is 25.4 Å². The van der Waals surface area contributed by atoms with Gasteiger partial charge in [0, 0.05) is 35.2 Å². The van der Waals surface area contributed by atoms with Crippen LogP contribution in [0.25, 0.3) is 10.9 Å². The number of pyridine rings is 2. The molecular weight excluding hydrogens is 430 g/mol. The molecule has 0 spiro atoms. The highest BCUT2D eigenvalue weighted by atomic mass is 35.5. The molecule has 0 amide bonds. The molecule has 0 aliphatic rings. The van der Waals surface area contributed by atoms with Crippen LogP contribution in [-0.2, 0) is 0 Å². The fraction of sp³-hybridized carbons (Fsp3) is 0.148. The minimum absolute atomic E-state index is 0.0214. The van der Waals surface area contributed by atoms with E-state index in [2.05, 4.69) is 51.6 Å². The van der Waals surface area contributed by atoms with Gasteiger partial charge in [0.1, 0.15) is 12.1 Å². The van der Waals surface area contributed by atoms with Gasteiger partial charge in [-0.3, -0.25) is 9.97 Å². The van der Waals surface area contributed by atoms with Gasteiger partial charge in [0.25, 0.3) is 0 Å². The molecule has 0 bridgehead atoms. The predicted molar refractivity (Wildman–Crippen MR) is 134 cm³/mol. The molecule has 2 N–H and O–H groups in total. The topological polar surface area (TPSA) is 73.6 Å². The van der Waals surface area contributed by atoms with Crippen LogP contribution in [0, 0.1) is 23.7 Å². The summed E-state index contributed by atoms with van der Waals surface area (Å²) in [5.41, 5.74) is 4.50. The van der Waals surface area contributed by atoms with Crippen molar-refractivity contribution in [3.63, 3.8) is 0 Å². The van der Waals surface area contributed by atoms with E-state index in [9.17, 15) is 5.26 Å². The van der Waals surface area contributed by atoms with Gasteiger partial charge < -0.3 is 10.6 Å². The molecule has 0 fully saturated rings. The second-order valence-corrected chi connectivity index (χ2v) is 7.97. The molecular formula is C27H22ClN5. The first-order valence-electron chi connectivity index (χ1n) is 10.6. The van der Waals surface area contributed by atoms with E-state index in [-0.39, 0.29) is 12.1 Å². The fourth-order valence-corrected chi connectivity index (χ4v) is 4.07. The van der Waals surface area contributed by atoms with Crippen LogP contribution >= 0.6 is 11.6 Å². The van der Waals surface area contributed by atoms with Crippen LogP contribution in [0.1, 0.15) is 42.1 Å². The Morgan fingerprint density at radius 1 is 1.06 bits per heavy atom. The largest absolute Gasteiger partial charge is 0.377 e. The first kappa shape index (κ1) is 22.1. The van der Waals surface area contributed by atoms with E-state index >= 15 is 0 Å². The molecule has 0 saturated carbocycles. The Kier molecular flexibility index (Phi) is 6.74. The van der Waals surface area contributed by atoms with Gasteiger partial charge in [-0.1, -0.05) is 60.8 Å². The molecule has 2 heterocycles. The van der Waals surface area contributed by atoms with Crippen LogP contribution in [-0.4, -0.2) is 9.97 Å². The molecule has 4 aromatic rings. The molecule has 5 nitrogen and oxygen atoms in total. The first-order chi connectivity index (χ1) is 16.1. The van der Waals surface area contributed by atoms with E-state index < -0.39 is 0 Å². The number of halogens is 1. The predicted octanol–water partition coefficient (Wildman–Crippen LogP) is 6.50. The lowest BCUT2D eigenvalue weighted by atomic mass is 10.0. The number of hydrogen-bond acceptors (Lipinski definition) is 5. The van der Waals surface area contributed by atoms with Crippen molar-refractivity contribution < 1.29 is 0 Å². The highest BCUT2D eigenvalue weighted by Gasteiger charge is 2.18. The normalized spacial score (nSPS) is 12.4. The summed E-state index contributed by atoms with van der Waals surface area (Å²) in [4.78, 5) is 8.60. The van der Waals surface area contributed by atoms with Crippen molar-refractivity contribution in [2.24, 2.45) is 0 Å². The van der Waals surface area contributed by atoms with Crippen LogP contribution in [0.15, 0.2) is 73.2 Å². The second kappa shape index (κ2) is 10.0. The number of benzene rings is 2. The summed E-state index contributed by atoms with van der Waals surface area (Å²) in [7, 11) is 0. The van der Waals surface area contributed by atoms with E-state index in [1.807, 2.05) is 36.4 Å². The lowest BCUT2D eigenvalue weighted by Gasteiger charge is -2.22. The molecule has 162 valence electrons. The summed E-state index contributed by atoms with van der Waals surface area (Å²) in [5.74, 6) is 2.76. The maximum Gasteiger partial charge on any atom is 0.115 e. The fourth-order valence-electron chi connectivity index (χ4n) is 3.80. The zero-order chi connectivity index (χ0) is 23.2. The van der Waals surface area contributed by atoms with Crippen LogP contribution in [0.2, 0.25) is 5.02 Å². The Morgan fingerprint density at radius 3 is 2.52 bits per heavy atom. The number of terminal acetylenes is 1. The Hall–Kier alpha value is -4.06. The monoisotopic (exact) mass is 451 g/mol. The van der Waals surface area contributed by atoms with Gasteiger partial charge >= 0.3 is 0 Å². The average molecular weight is 452 g/mol. The zero-order valence-corrected chi connectivity index (χ0v) is 18.8. The molecule has 33 heavy (non-hydrogen) atoms. The summed E-state index contributed by atoms with van der Waals surface area (Å²) in [6, 6.07) is 19.5. The summed E-state index contributed by atoms with van der Waals surface area (Å²) in [6.07, 6.45) is 11.6. The molecule has 0 aliphatic heterocycles. The Bertz CT molecular complexity index is 1340. The third-order valence-corrected chi connectivity index (χ3v) is 5.76. The number of fused-ring (bicyclic) bond motifs is 1. The van der Waals surface area contributed by atoms with Crippen molar-refractivity contribution >= 4 is 33.9 Å². The average Bonchev–Trinajstić information content (AvgIpc) is 2.86. The van der Waals surface area contributed by atoms with E-state index in [4.69, 9.17) is 18.0 Å². The number of nitrogens with zero attached hydrogens (tertiary/aromatic N) is 3. The lowest BCUT2D eigenvalue weighted by molar-refractivity contribution is 0.750. The molecule has 2 atom stereocenters. The summed E-state index contributed by atoms with van der Waals surface area (Å²) in [5, 5.41) is 17.9. The smallest absolute Gasteiger partial charge is 0.115 e. The van der Waals surface area contributed by atoms with Crippen molar-refractivity contribution in [3.05, 3.63) is 94.9 Å². The molecule has 0 radical (unpaired) electrons. The van der Waals surface area contributed by atoms with Gasteiger partial charge in [0.2, 0.25) is 0 Å². The summed E-state index contributed by atoms with van der Waals surface area (Å²) in [6.45, 7) is 2.10. The van der Waals surface area contributed by atoms with Gasteiger partial charge in [0.05, 0.1) is 27.8 Å². The molecule has 2 aromatic heterocycles. The quantitative estimate of drug-likeness (QED) is 0.313. The minimum Gasteiger partial charge on any atom is -0.377 e. The molecule has 6 heteroatoms. The standard InChI is InChI=1S/C27H22ClN5/c1-3-24(18-9-6-5-7-10-18)33-26-20(15-29)17-31-27-22(26)13-21(14-23(27)28)32-25(4-2)19-11-8-12-30-16-19/h2,5-14,16-17,24-25,32H,3H2,1H3,(H,31,33). The number of rotatable bonds is 7. The molecule has 0 saturated heterocycles. The maximum absolute atomic E-state index is 9.79. The number of hydrogen-bond donors (Lipinski definition) is 2. The van der Waals surface area contributed by atoms with E-state index in [1.54, 1.807) is 24.7 Å². The van der Waals surface area contributed by atoms with Crippen molar-refractivity contribution in [1.29, 1.82) is 5.26 Å².